The molecule has 0 N–H and O–H groups in total. The van der Waals surface area contributed by atoms with Crippen LogP contribution in [-0.4, -0.2) is 21.9 Å². The predicted molar refractivity (Wildman–Crippen MR) is 58.1 cm³/mol. The maximum atomic E-state index is 11.7. The number of aromatic nitrogens is 2. The summed E-state index contributed by atoms with van der Waals surface area (Å²) in [5.41, 5.74) is 0.751. The van der Waals surface area contributed by atoms with E-state index >= 15 is 0 Å². The van der Waals surface area contributed by atoms with E-state index < -0.39 is 0 Å². The van der Waals surface area contributed by atoms with Crippen LogP contribution in [0.1, 0.15) is 25.2 Å². The Kier molecular flexibility index (Phi) is 2.38. The quantitative estimate of drug-likeness (QED) is 0.684. The Labute approximate surface area is 93.3 Å². The molecule has 15 heavy (non-hydrogen) atoms. The van der Waals surface area contributed by atoms with Gasteiger partial charge in [-0.25, -0.2) is 9.97 Å². The van der Waals surface area contributed by atoms with E-state index in [2.05, 4.69) is 9.97 Å². The van der Waals surface area contributed by atoms with Gasteiger partial charge in [0.1, 0.15) is 16.8 Å². The number of rotatable bonds is 1. The molecule has 0 saturated heterocycles. The number of hydrogen-bond acceptors (Lipinski definition) is 3. The molecule has 80 valence electrons. The maximum absolute atomic E-state index is 11.7. The van der Waals surface area contributed by atoms with E-state index in [-0.39, 0.29) is 11.9 Å². The van der Waals surface area contributed by atoms with Gasteiger partial charge in [0.2, 0.25) is 5.91 Å². The monoisotopic (exact) mass is 225 g/mol. The Hall–Kier alpha value is -1.16. The zero-order chi connectivity index (χ0) is 11.2. The summed E-state index contributed by atoms with van der Waals surface area (Å²) in [5, 5.41) is 0.397. The number of carbonyl (C=O) groups is 1. The first-order valence-corrected chi connectivity index (χ1v) is 5.23. The normalized spacial score (nSPS) is 15.0. The minimum absolute atomic E-state index is 0.0433. The Morgan fingerprint density at radius 3 is 2.67 bits per heavy atom. The Balaban J connectivity index is 2.58. The highest BCUT2D eigenvalue weighted by Crippen LogP contribution is 2.32. The summed E-state index contributed by atoms with van der Waals surface area (Å²) in [6.45, 7) is 5.68. The Morgan fingerprint density at radius 1 is 1.40 bits per heavy atom. The molecule has 0 bridgehead atoms. The van der Waals surface area contributed by atoms with Crippen molar-refractivity contribution in [3.05, 3.63) is 16.5 Å². The fraction of sp³-hybridized carbons (Fsp3) is 0.500. The van der Waals surface area contributed by atoms with Crippen LogP contribution in [0.15, 0.2) is 0 Å². The standard InChI is InChI=1S/C10H12ClN3O/c1-5(2)14-8(15)4-7-9(11)12-6(3)13-10(7)14/h5H,4H2,1-3H3. The maximum Gasteiger partial charge on any atom is 0.233 e. The van der Waals surface area contributed by atoms with E-state index in [1.165, 1.54) is 0 Å². The fourth-order valence-electron chi connectivity index (χ4n) is 1.79. The Morgan fingerprint density at radius 2 is 2.07 bits per heavy atom. The molecule has 0 fully saturated rings. The van der Waals surface area contributed by atoms with Gasteiger partial charge in [0.05, 0.1) is 6.42 Å². The summed E-state index contributed by atoms with van der Waals surface area (Å²) in [4.78, 5) is 21.7. The van der Waals surface area contributed by atoms with Crippen LogP contribution in [0.2, 0.25) is 5.15 Å². The second-order valence-corrected chi connectivity index (χ2v) is 4.26. The largest absolute Gasteiger partial charge is 0.294 e. The summed E-state index contributed by atoms with van der Waals surface area (Å²) in [6.07, 6.45) is 0.312. The van der Waals surface area contributed by atoms with Crippen molar-refractivity contribution in [1.29, 1.82) is 0 Å². The van der Waals surface area contributed by atoms with Gasteiger partial charge in [0.15, 0.2) is 0 Å². The number of carbonyl (C=O) groups excluding carboxylic acids is 1. The zero-order valence-electron chi connectivity index (χ0n) is 8.91. The van der Waals surface area contributed by atoms with Crippen LogP contribution >= 0.6 is 11.6 Å². The smallest absolute Gasteiger partial charge is 0.233 e. The first kappa shape index (κ1) is 10.4. The van der Waals surface area contributed by atoms with Crippen molar-refractivity contribution in [2.45, 2.75) is 33.2 Å². The molecular weight excluding hydrogens is 214 g/mol. The predicted octanol–water partition coefficient (Wildman–Crippen LogP) is 1.74. The highest BCUT2D eigenvalue weighted by Gasteiger charge is 2.33. The van der Waals surface area contributed by atoms with Crippen LogP contribution in [0.4, 0.5) is 5.82 Å². The molecule has 2 rings (SSSR count). The zero-order valence-corrected chi connectivity index (χ0v) is 9.67. The average molecular weight is 226 g/mol. The van der Waals surface area contributed by atoms with Gasteiger partial charge in [-0.3, -0.25) is 9.69 Å². The molecule has 1 aliphatic heterocycles. The van der Waals surface area contributed by atoms with Crippen molar-refractivity contribution < 1.29 is 4.79 Å². The van der Waals surface area contributed by atoms with Gasteiger partial charge in [0.25, 0.3) is 0 Å². The van der Waals surface area contributed by atoms with E-state index in [1.54, 1.807) is 11.8 Å². The average Bonchev–Trinajstić information content (AvgIpc) is 2.41. The number of halogens is 1. The number of amides is 1. The highest BCUT2D eigenvalue weighted by molar-refractivity contribution is 6.31. The van der Waals surface area contributed by atoms with Gasteiger partial charge in [-0.15, -0.1) is 0 Å². The Bertz CT molecular complexity index is 431. The summed E-state index contributed by atoms with van der Waals surface area (Å²) in [5.74, 6) is 1.31. The molecule has 1 aromatic heterocycles. The van der Waals surface area contributed by atoms with Gasteiger partial charge >= 0.3 is 0 Å². The minimum Gasteiger partial charge on any atom is -0.294 e. The molecule has 0 atom stereocenters. The third-order valence-corrected chi connectivity index (χ3v) is 2.70. The van der Waals surface area contributed by atoms with Crippen molar-refractivity contribution in [3.8, 4) is 0 Å². The summed E-state index contributed by atoms with van der Waals surface area (Å²) in [7, 11) is 0. The number of fused-ring (bicyclic) bond motifs is 1. The number of aryl methyl sites for hydroxylation is 1. The van der Waals surface area contributed by atoms with Gasteiger partial charge in [-0.05, 0) is 20.8 Å². The van der Waals surface area contributed by atoms with Crippen LogP contribution < -0.4 is 4.90 Å². The third-order valence-electron chi connectivity index (χ3n) is 2.39. The first-order chi connectivity index (χ1) is 7.00. The minimum atomic E-state index is 0.0433. The lowest BCUT2D eigenvalue weighted by Gasteiger charge is -2.20. The SMILES string of the molecule is Cc1nc(Cl)c2c(n1)N(C(C)C)C(=O)C2. The molecule has 1 aliphatic rings. The molecule has 0 aromatic carbocycles. The van der Waals surface area contributed by atoms with Crippen LogP contribution in [0.5, 0.6) is 0 Å². The van der Waals surface area contributed by atoms with Crippen LogP contribution in [0.25, 0.3) is 0 Å². The van der Waals surface area contributed by atoms with Crippen LogP contribution in [0.3, 0.4) is 0 Å². The molecule has 2 heterocycles. The fourth-order valence-corrected chi connectivity index (χ4v) is 2.06. The lowest BCUT2D eigenvalue weighted by molar-refractivity contribution is -0.117. The molecule has 1 aromatic rings. The summed E-state index contributed by atoms with van der Waals surface area (Å²) >= 11 is 5.98. The molecule has 0 spiro atoms. The summed E-state index contributed by atoms with van der Waals surface area (Å²) in [6, 6.07) is 0.101. The van der Waals surface area contributed by atoms with Gasteiger partial charge < -0.3 is 0 Å². The lowest BCUT2D eigenvalue weighted by Crippen LogP contribution is -2.34. The second kappa shape index (κ2) is 3.45. The number of hydrogen-bond donors (Lipinski definition) is 0. The van der Waals surface area contributed by atoms with E-state index in [9.17, 15) is 4.79 Å². The summed E-state index contributed by atoms with van der Waals surface area (Å²) < 4.78 is 0. The van der Waals surface area contributed by atoms with Crippen molar-refractivity contribution in [3.63, 3.8) is 0 Å². The molecule has 0 saturated carbocycles. The topological polar surface area (TPSA) is 46.1 Å². The third kappa shape index (κ3) is 1.59. The van der Waals surface area contributed by atoms with E-state index in [4.69, 9.17) is 11.6 Å². The molecule has 0 radical (unpaired) electrons. The van der Waals surface area contributed by atoms with Crippen molar-refractivity contribution in [2.75, 3.05) is 4.90 Å². The van der Waals surface area contributed by atoms with Gasteiger partial charge in [0, 0.05) is 11.6 Å². The molecule has 5 heteroatoms. The lowest BCUT2D eigenvalue weighted by atomic mass is 10.3. The van der Waals surface area contributed by atoms with Crippen LogP contribution in [0, 0.1) is 6.92 Å². The molecular formula is C10H12ClN3O. The van der Waals surface area contributed by atoms with Gasteiger partial charge in [-0.2, -0.15) is 0 Å². The van der Waals surface area contributed by atoms with E-state index in [0.717, 1.165) is 5.56 Å². The van der Waals surface area contributed by atoms with Crippen molar-refractivity contribution >= 4 is 23.3 Å². The number of nitrogens with zero attached hydrogens (tertiary/aromatic N) is 3. The van der Waals surface area contributed by atoms with E-state index in [1.807, 2.05) is 13.8 Å². The molecule has 0 unspecified atom stereocenters. The van der Waals surface area contributed by atoms with Gasteiger partial charge in [-0.1, -0.05) is 11.6 Å². The highest BCUT2D eigenvalue weighted by atomic mass is 35.5. The van der Waals surface area contributed by atoms with E-state index in [0.29, 0.717) is 23.2 Å². The van der Waals surface area contributed by atoms with Crippen molar-refractivity contribution in [2.24, 2.45) is 0 Å². The number of anilines is 1. The molecule has 1 amide bonds. The second-order valence-electron chi connectivity index (χ2n) is 3.90. The van der Waals surface area contributed by atoms with Crippen LogP contribution in [-0.2, 0) is 11.2 Å². The molecule has 4 nitrogen and oxygen atoms in total. The molecule has 0 aliphatic carbocycles. The van der Waals surface area contributed by atoms with Crippen molar-refractivity contribution in [1.82, 2.24) is 9.97 Å². The first-order valence-electron chi connectivity index (χ1n) is 4.85.